The van der Waals surface area contributed by atoms with Gasteiger partial charge in [0.25, 0.3) is 5.91 Å². The van der Waals surface area contributed by atoms with Gasteiger partial charge < -0.3 is 24.7 Å². The summed E-state index contributed by atoms with van der Waals surface area (Å²) in [6, 6.07) is 13.1. The Hall–Kier alpha value is -3.21. The molecule has 192 valence electrons. The maximum absolute atomic E-state index is 13.3. The summed E-state index contributed by atoms with van der Waals surface area (Å²) in [5.41, 5.74) is 2.71. The average molecular weight is 584 g/mol. The lowest BCUT2D eigenvalue weighted by molar-refractivity contribution is -0.122. The first kappa shape index (κ1) is 25.4. The van der Waals surface area contributed by atoms with Gasteiger partial charge in [0.2, 0.25) is 5.91 Å². The summed E-state index contributed by atoms with van der Waals surface area (Å²) in [7, 11) is 0. The van der Waals surface area contributed by atoms with Gasteiger partial charge in [0.1, 0.15) is 18.0 Å². The first-order valence-electron chi connectivity index (χ1n) is 12.2. The van der Waals surface area contributed by atoms with Crippen LogP contribution in [0.5, 0.6) is 5.75 Å². The fraction of sp³-hybridized carbons (Fsp3) is 0.296. The number of hydrogen-bond acceptors (Lipinski definition) is 5. The Morgan fingerprint density at radius 2 is 2.11 bits per heavy atom. The van der Waals surface area contributed by atoms with Gasteiger partial charge in [0.05, 0.1) is 18.4 Å². The van der Waals surface area contributed by atoms with Crippen LogP contribution >= 0.6 is 28.1 Å². The number of carbonyl (C=O) groups is 2. The third-order valence-electron chi connectivity index (χ3n) is 6.32. The van der Waals surface area contributed by atoms with Crippen molar-refractivity contribution in [2.45, 2.75) is 32.4 Å². The minimum atomic E-state index is -0.251. The molecule has 1 aromatic heterocycles. The number of anilines is 1. The van der Waals surface area contributed by atoms with Gasteiger partial charge in [-0.15, -0.1) is 0 Å². The molecule has 2 saturated heterocycles. The summed E-state index contributed by atoms with van der Waals surface area (Å²) in [5, 5.41) is 7.23. The van der Waals surface area contributed by atoms with Crippen molar-refractivity contribution in [3.05, 3.63) is 64.4 Å². The standard InChI is InChI=1S/C27H27BrN4O4S/c1-2-35-20-8-6-19(7-9-20)32-26(34)23(30-27(32)37)12-17-15-31(24-10-5-18(28)13-22(17)24)16-25(33)29-14-21-4-3-11-36-21/h5-10,12-13,15,21H,2-4,11,14,16H2,1H3,(H,29,33)(H,30,37)/b23-12-/t21-/m1/s1. The van der Waals surface area contributed by atoms with Crippen molar-refractivity contribution < 1.29 is 19.1 Å². The van der Waals surface area contributed by atoms with Crippen LogP contribution in [-0.4, -0.2) is 47.4 Å². The van der Waals surface area contributed by atoms with Crippen LogP contribution in [-0.2, 0) is 20.9 Å². The van der Waals surface area contributed by atoms with E-state index in [4.69, 9.17) is 21.7 Å². The van der Waals surface area contributed by atoms with E-state index < -0.39 is 0 Å². The molecule has 2 aromatic carbocycles. The highest BCUT2D eigenvalue weighted by Gasteiger charge is 2.32. The smallest absolute Gasteiger partial charge is 0.281 e. The van der Waals surface area contributed by atoms with E-state index in [0.29, 0.717) is 29.6 Å². The third kappa shape index (κ3) is 5.56. The molecule has 2 fully saturated rings. The van der Waals surface area contributed by atoms with Gasteiger partial charge >= 0.3 is 0 Å². The largest absolute Gasteiger partial charge is 0.494 e. The molecule has 2 N–H and O–H groups in total. The van der Waals surface area contributed by atoms with Crippen molar-refractivity contribution in [3.8, 4) is 5.75 Å². The number of amides is 2. The van der Waals surface area contributed by atoms with Crippen molar-refractivity contribution >= 4 is 67.7 Å². The maximum Gasteiger partial charge on any atom is 0.281 e. The molecule has 10 heteroatoms. The molecule has 2 aliphatic rings. The summed E-state index contributed by atoms with van der Waals surface area (Å²) in [6.07, 6.45) is 5.74. The molecular weight excluding hydrogens is 556 g/mol. The molecule has 3 aromatic rings. The van der Waals surface area contributed by atoms with E-state index in [1.807, 2.05) is 48.0 Å². The molecule has 0 spiro atoms. The van der Waals surface area contributed by atoms with Crippen molar-refractivity contribution in [2.24, 2.45) is 0 Å². The van der Waals surface area contributed by atoms with Crippen molar-refractivity contribution in [3.63, 3.8) is 0 Å². The normalized spacial score (nSPS) is 18.6. The Balaban J connectivity index is 1.39. The fourth-order valence-corrected chi connectivity index (χ4v) is 5.23. The van der Waals surface area contributed by atoms with Crippen molar-refractivity contribution in [1.29, 1.82) is 0 Å². The van der Waals surface area contributed by atoms with E-state index in [1.165, 1.54) is 4.90 Å². The lowest BCUT2D eigenvalue weighted by Gasteiger charge is -2.14. The zero-order valence-electron chi connectivity index (χ0n) is 20.3. The topological polar surface area (TPSA) is 84.8 Å². The molecular formula is C27H27BrN4O4S. The van der Waals surface area contributed by atoms with E-state index in [0.717, 1.165) is 46.1 Å². The number of thiocarbonyl (C=S) groups is 1. The molecule has 2 amide bonds. The molecule has 8 nitrogen and oxygen atoms in total. The molecule has 0 saturated carbocycles. The fourth-order valence-electron chi connectivity index (χ4n) is 4.57. The summed E-state index contributed by atoms with van der Waals surface area (Å²) in [5.74, 6) is 0.387. The SMILES string of the molecule is CCOc1ccc(N2C(=O)/C(=C/c3cn(CC(=O)NC[C@H]4CCCO4)c4ccc(Br)cc34)NC2=S)cc1. The highest BCUT2D eigenvalue weighted by Crippen LogP contribution is 2.29. The van der Waals surface area contributed by atoms with Gasteiger partial charge in [-0.1, -0.05) is 15.9 Å². The van der Waals surface area contributed by atoms with Gasteiger partial charge in [-0.3, -0.25) is 14.5 Å². The number of rotatable bonds is 8. The Bertz CT molecular complexity index is 1380. The minimum Gasteiger partial charge on any atom is -0.494 e. The summed E-state index contributed by atoms with van der Waals surface area (Å²) >= 11 is 9.01. The van der Waals surface area contributed by atoms with E-state index >= 15 is 0 Å². The monoisotopic (exact) mass is 582 g/mol. The molecule has 5 rings (SSSR count). The second-order valence-electron chi connectivity index (χ2n) is 8.87. The predicted octanol–water partition coefficient (Wildman–Crippen LogP) is 4.36. The van der Waals surface area contributed by atoms with Crippen LogP contribution in [0.3, 0.4) is 0 Å². The summed E-state index contributed by atoms with van der Waals surface area (Å²) < 4.78 is 13.9. The van der Waals surface area contributed by atoms with E-state index in [2.05, 4.69) is 26.6 Å². The highest BCUT2D eigenvalue weighted by molar-refractivity contribution is 9.10. The molecule has 37 heavy (non-hydrogen) atoms. The molecule has 3 heterocycles. The lowest BCUT2D eigenvalue weighted by Crippen LogP contribution is -2.34. The number of halogens is 1. The number of benzene rings is 2. The van der Waals surface area contributed by atoms with Gasteiger partial charge in [0, 0.05) is 40.3 Å². The average Bonchev–Trinajstić information content (AvgIpc) is 3.58. The molecule has 0 unspecified atom stereocenters. The summed E-state index contributed by atoms with van der Waals surface area (Å²) in [4.78, 5) is 27.5. The van der Waals surface area contributed by atoms with Gasteiger partial charge in [-0.25, -0.2) is 0 Å². The second-order valence-corrected chi connectivity index (χ2v) is 10.2. The van der Waals surface area contributed by atoms with Crippen LogP contribution in [0.4, 0.5) is 5.69 Å². The Kier molecular flexibility index (Phi) is 7.59. The lowest BCUT2D eigenvalue weighted by atomic mass is 10.1. The molecule has 1 atom stereocenters. The van der Waals surface area contributed by atoms with Crippen molar-refractivity contribution in [1.82, 2.24) is 15.2 Å². The number of nitrogens with zero attached hydrogens (tertiary/aromatic N) is 2. The minimum absolute atomic E-state index is 0.0863. The molecule has 0 bridgehead atoms. The number of ether oxygens (including phenoxy) is 2. The Morgan fingerprint density at radius 3 is 2.84 bits per heavy atom. The van der Waals surface area contributed by atoms with E-state index in [-0.39, 0.29) is 24.5 Å². The van der Waals surface area contributed by atoms with Gasteiger partial charge in [0.15, 0.2) is 5.11 Å². The van der Waals surface area contributed by atoms with E-state index in [9.17, 15) is 9.59 Å². The van der Waals surface area contributed by atoms with E-state index in [1.54, 1.807) is 18.2 Å². The van der Waals surface area contributed by atoms with Crippen LogP contribution in [0.1, 0.15) is 25.3 Å². The Morgan fingerprint density at radius 1 is 1.30 bits per heavy atom. The maximum atomic E-state index is 13.3. The van der Waals surface area contributed by atoms with Crippen LogP contribution in [0, 0.1) is 0 Å². The second kappa shape index (κ2) is 11.0. The molecule has 2 aliphatic heterocycles. The molecule has 0 aliphatic carbocycles. The first-order valence-corrected chi connectivity index (χ1v) is 13.4. The summed E-state index contributed by atoms with van der Waals surface area (Å²) in [6.45, 7) is 3.91. The van der Waals surface area contributed by atoms with Gasteiger partial charge in [-0.2, -0.15) is 0 Å². The number of aromatic nitrogens is 1. The Labute approximate surface area is 228 Å². The zero-order valence-corrected chi connectivity index (χ0v) is 22.7. The number of carbonyl (C=O) groups excluding carboxylic acids is 2. The van der Waals surface area contributed by atoms with Crippen LogP contribution in [0.2, 0.25) is 0 Å². The van der Waals surface area contributed by atoms with Crippen LogP contribution in [0.15, 0.2) is 58.8 Å². The van der Waals surface area contributed by atoms with Crippen molar-refractivity contribution in [2.75, 3.05) is 24.7 Å². The van der Waals surface area contributed by atoms with Crippen LogP contribution < -0.4 is 20.3 Å². The zero-order chi connectivity index (χ0) is 25.9. The third-order valence-corrected chi connectivity index (χ3v) is 7.10. The van der Waals surface area contributed by atoms with Gasteiger partial charge in [-0.05, 0) is 80.5 Å². The first-order chi connectivity index (χ1) is 17.9. The molecule has 0 radical (unpaired) electrons. The number of fused-ring (bicyclic) bond motifs is 1. The quantitative estimate of drug-likeness (QED) is 0.303. The number of hydrogen-bond donors (Lipinski definition) is 2. The highest BCUT2D eigenvalue weighted by atomic mass is 79.9. The predicted molar refractivity (Wildman–Crippen MR) is 150 cm³/mol. The van der Waals surface area contributed by atoms with Crippen LogP contribution in [0.25, 0.3) is 17.0 Å². The number of nitrogens with one attached hydrogen (secondary N) is 2.